The number of nitrogens with zero attached hydrogens (tertiary/aromatic N) is 2. The summed E-state index contributed by atoms with van der Waals surface area (Å²) in [5, 5.41) is 10.2. The summed E-state index contributed by atoms with van der Waals surface area (Å²) in [5.74, 6) is -0.0803. The summed E-state index contributed by atoms with van der Waals surface area (Å²) in [6.45, 7) is 7.57. The number of likely N-dealkylation sites (tertiary alicyclic amines) is 2. The molecule has 148 valence electrons. The Labute approximate surface area is 159 Å². The maximum absolute atomic E-state index is 12.8. The number of hydrogen-bond acceptors (Lipinski definition) is 4. The molecule has 3 heterocycles. The lowest BCUT2D eigenvalue weighted by Gasteiger charge is -2.48. The lowest BCUT2D eigenvalue weighted by atomic mass is 9.71. The van der Waals surface area contributed by atoms with Crippen LogP contribution in [0, 0.1) is 5.41 Å². The van der Waals surface area contributed by atoms with Crippen LogP contribution in [0.2, 0.25) is 0 Å². The number of H-pyrrole nitrogens is 1. The Bertz CT molecular complexity index is 778. The van der Waals surface area contributed by atoms with Gasteiger partial charge in [0.25, 0.3) is 11.5 Å². The topological polar surface area (TPSA) is 93.7 Å². The summed E-state index contributed by atoms with van der Waals surface area (Å²) < 4.78 is 0. The second-order valence-corrected chi connectivity index (χ2v) is 8.36. The van der Waals surface area contributed by atoms with Crippen LogP contribution in [0.3, 0.4) is 0 Å². The maximum Gasteiger partial charge on any atom is 0.261 e. The van der Waals surface area contributed by atoms with E-state index < -0.39 is 6.10 Å². The third-order valence-corrected chi connectivity index (χ3v) is 5.97. The fraction of sp³-hybridized carbons (Fsp3) is 0.650. The molecule has 1 aromatic heterocycles. The highest BCUT2D eigenvalue weighted by Crippen LogP contribution is 2.40. The van der Waals surface area contributed by atoms with Gasteiger partial charge >= 0.3 is 0 Å². The summed E-state index contributed by atoms with van der Waals surface area (Å²) >= 11 is 0. The quantitative estimate of drug-likeness (QED) is 0.816. The minimum absolute atomic E-state index is 0.0246. The van der Waals surface area contributed by atoms with Gasteiger partial charge in [-0.1, -0.05) is 13.8 Å². The number of aliphatic hydroxyl groups is 1. The lowest BCUT2D eigenvalue weighted by molar-refractivity contribution is -0.137. The molecule has 1 atom stereocenters. The van der Waals surface area contributed by atoms with Crippen LogP contribution in [0.4, 0.5) is 0 Å². The van der Waals surface area contributed by atoms with Gasteiger partial charge in [0.1, 0.15) is 5.56 Å². The van der Waals surface area contributed by atoms with Gasteiger partial charge in [0.15, 0.2) is 0 Å². The summed E-state index contributed by atoms with van der Waals surface area (Å²) in [4.78, 5) is 43.1. The van der Waals surface area contributed by atoms with Crippen molar-refractivity contribution in [1.29, 1.82) is 0 Å². The van der Waals surface area contributed by atoms with Crippen LogP contribution < -0.4 is 5.56 Å². The predicted molar refractivity (Wildman–Crippen MR) is 102 cm³/mol. The molecule has 2 fully saturated rings. The number of amides is 2. The number of pyridine rings is 1. The first-order valence-corrected chi connectivity index (χ1v) is 9.67. The van der Waals surface area contributed by atoms with Gasteiger partial charge in [-0.25, -0.2) is 0 Å². The number of aliphatic hydroxyl groups excluding tert-OH is 1. The van der Waals surface area contributed by atoms with Crippen LogP contribution in [0.25, 0.3) is 0 Å². The third-order valence-electron chi connectivity index (χ3n) is 5.97. The molecule has 0 bridgehead atoms. The van der Waals surface area contributed by atoms with Crippen molar-refractivity contribution in [1.82, 2.24) is 14.8 Å². The molecule has 2 N–H and O–H groups in total. The van der Waals surface area contributed by atoms with Crippen molar-refractivity contribution in [2.75, 3.05) is 26.2 Å². The number of piperidine rings is 2. The van der Waals surface area contributed by atoms with Gasteiger partial charge in [0, 0.05) is 38.8 Å². The van der Waals surface area contributed by atoms with E-state index >= 15 is 0 Å². The fourth-order valence-corrected chi connectivity index (χ4v) is 4.30. The molecule has 0 radical (unpaired) electrons. The number of aromatic nitrogens is 1. The molecule has 7 nitrogen and oxygen atoms in total. The first kappa shape index (κ1) is 19.6. The molecule has 2 aliphatic rings. The van der Waals surface area contributed by atoms with Crippen LogP contribution in [-0.4, -0.2) is 64.0 Å². The van der Waals surface area contributed by atoms with Gasteiger partial charge in [-0.15, -0.1) is 0 Å². The Hall–Kier alpha value is -2.15. The van der Waals surface area contributed by atoms with Crippen molar-refractivity contribution in [2.24, 2.45) is 5.41 Å². The molecule has 3 rings (SSSR count). The van der Waals surface area contributed by atoms with E-state index in [1.54, 1.807) is 21.9 Å². The molecule has 2 amide bonds. The number of aromatic amines is 1. The molecule has 0 saturated carbocycles. The smallest absolute Gasteiger partial charge is 0.261 e. The number of nitrogens with one attached hydrogen (secondary N) is 1. The van der Waals surface area contributed by atoms with Gasteiger partial charge in [-0.05, 0) is 42.7 Å². The normalized spacial score (nSPS) is 22.3. The fourth-order valence-electron chi connectivity index (χ4n) is 4.30. The molecule has 0 aromatic carbocycles. The number of β-amino-alcohol motifs (C(OH)–C–C–N with tert-alkyl or cyclic N) is 1. The molecule has 1 spiro atoms. The van der Waals surface area contributed by atoms with E-state index in [-0.39, 0.29) is 34.3 Å². The van der Waals surface area contributed by atoms with Crippen LogP contribution >= 0.6 is 0 Å². The molecule has 1 unspecified atom stereocenters. The number of carbonyl (C=O) groups excluding carboxylic acids is 2. The van der Waals surface area contributed by atoms with Gasteiger partial charge in [0.05, 0.1) is 6.10 Å². The zero-order valence-corrected chi connectivity index (χ0v) is 16.3. The average molecular weight is 375 g/mol. The Morgan fingerprint density at radius 2 is 1.89 bits per heavy atom. The average Bonchev–Trinajstić information content (AvgIpc) is 2.61. The lowest BCUT2D eigenvalue weighted by Crippen LogP contribution is -2.55. The molecule has 27 heavy (non-hydrogen) atoms. The van der Waals surface area contributed by atoms with Crippen molar-refractivity contribution < 1.29 is 14.7 Å². The van der Waals surface area contributed by atoms with Crippen LogP contribution in [0.15, 0.2) is 16.9 Å². The van der Waals surface area contributed by atoms with Gasteiger partial charge in [0.2, 0.25) is 5.91 Å². The van der Waals surface area contributed by atoms with E-state index in [9.17, 15) is 19.5 Å². The van der Waals surface area contributed by atoms with E-state index in [1.807, 2.05) is 13.8 Å². The van der Waals surface area contributed by atoms with E-state index in [1.165, 1.54) is 6.92 Å². The van der Waals surface area contributed by atoms with Gasteiger partial charge in [-0.3, -0.25) is 14.4 Å². The molecule has 2 aliphatic heterocycles. The SMILES string of the molecule is CC(=O)N1CC(O)CC2(CCN(C(=O)c3ccc(C(C)C)[nH]c3=O)CC2)C1. The monoisotopic (exact) mass is 375 g/mol. The van der Waals surface area contributed by atoms with Crippen molar-refractivity contribution in [3.63, 3.8) is 0 Å². The largest absolute Gasteiger partial charge is 0.391 e. The van der Waals surface area contributed by atoms with E-state index in [0.717, 1.165) is 18.5 Å². The predicted octanol–water partition coefficient (Wildman–Crippen LogP) is 1.33. The Balaban J connectivity index is 1.69. The zero-order chi connectivity index (χ0) is 19.8. The van der Waals surface area contributed by atoms with Crippen LogP contribution in [0.1, 0.15) is 62.0 Å². The Kier molecular flexibility index (Phi) is 5.42. The molecule has 1 aromatic rings. The maximum atomic E-state index is 12.8. The first-order chi connectivity index (χ1) is 12.7. The standard InChI is InChI=1S/C20H29N3O4/c1-13(2)17-5-4-16(18(26)21-17)19(27)22-8-6-20(7-9-22)10-15(25)11-23(12-20)14(3)24/h4-5,13,15,25H,6-12H2,1-3H3,(H,21,26). The van der Waals surface area contributed by atoms with Crippen LogP contribution in [-0.2, 0) is 4.79 Å². The van der Waals surface area contributed by atoms with Crippen LogP contribution in [0.5, 0.6) is 0 Å². The van der Waals surface area contributed by atoms with Crippen molar-refractivity contribution in [3.8, 4) is 0 Å². The van der Waals surface area contributed by atoms with E-state index in [2.05, 4.69) is 4.98 Å². The molecule has 2 saturated heterocycles. The Morgan fingerprint density at radius 1 is 1.22 bits per heavy atom. The molecular weight excluding hydrogens is 346 g/mol. The summed E-state index contributed by atoms with van der Waals surface area (Å²) in [6, 6.07) is 3.41. The summed E-state index contributed by atoms with van der Waals surface area (Å²) in [7, 11) is 0. The summed E-state index contributed by atoms with van der Waals surface area (Å²) in [6.07, 6.45) is 1.59. The van der Waals surface area contributed by atoms with E-state index in [0.29, 0.717) is 32.6 Å². The zero-order valence-electron chi connectivity index (χ0n) is 16.3. The van der Waals surface area contributed by atoms with Crippen molar-refractivity contribution >= 4 is 11.8 Å². The molecule has 0 aliphatic carbocycles. The Morgan fingerprint density at radius 3 is 2.44 bits per heavy atom. The molecular formula is C20H29N3O4. The second kappa shape index (κ2) is 7.46. The van der Waals surface area contributed by atoms with Crippen molar-refractivity contribution in [2.45, 2.75) is 52.1 Å². The van der Waals surface area contributed by atoms with Crippen molar-refractivity contribution in [3.05, 3.63) is 33.7 Å². The minimum Gasteiger partial charge on any atom is -0.391 e. The highest BCUT2D eigenvalue weighted by Gasteiger charge is 2.43. The highest BCUT2D eigenvalue weighted by molar-refractivity contribution is 5.93. The highest BCUT2D eigenvalue weighted by atomic mass is 16.3. The van der Waals surface area contributed by atoms with Gasteiger partial charge < -0.3 is 19.9 Å². The third kappa shape index (κ3) is 4.08. The van der Waals surface area contributed by atoms with E-state index in [4.69, 9.17) is 0 Å². The first-order valence-electron chi connectivity index (χ1n) is 9.67. The number of hydrogen-bond donors (Lipinski definition) is 2. The van der Waals surface area contributed by atoms with Gasteiger partial charge in [-0.2, -0.15) is 0 Å². The second-order valence-electron chi connectivity index (χ2n) is 8.36. The molecule has 7 heteroatoms. The number of carbonyl (C=O) groups is 2. The summed E-state index contributed by atoms with van der Waals surface area (Å²) in [5.41, 5.74) is 0.495. The minimum atomic E-state index is -0.517. The number of rotatable bonds is 2.